The van der Waals surface area contributed by atoms with Gasteiger partial charge in [0.2, 0.25) is 5.91 Å². The van der Waals surface area contributed by atoms with E-state index in [1.165, 1.54) is 11.2 Å². The largest absolute Gasteiger partial charge is 0.610 e. The lowest BCUT2D eigenvalue weighted by molar-refractivity contribution is -0.129. The zero-order valence-corrected chi connectivity index (χ0v) is 22.5. The average molecular weight is 577 g/mol. The molecule has 7 rings (SSSR count). The van der Waals surface area contributed by atoms with Crippen LogP contribution in [0, 0.1) is 18.7 Å². The maximum atomic E-state index is 15.5. The number of carbonyl (C=O) groups excluding carboxylic acids is 1. The number of halogens is 2. The zero-order valence-electron chi connectivity index (χ0n) is 20.1. The number of amides is 2. The van der Waals surface area contributed by atoms with Crippen molar-refractivity contribution in [3.05, 3.63) is 33.7 Å². The van der Waals surface area contributed by atoms with Crippen molar-refractivity contribution in [2.45, 2.75) is 56.3 Å². The summed E-state index contributed by atoms with van der Waals surface area (Å²) in [6.07, 6.45) is 2.99. The quantitative estimate of drug-likeness (QED) is 0.453. The Morgan fingerprint density at radius 2 is 2.03 bits per heavy atom. The topological polar surface area (TPSA) is 102 Å². The fourth-order valence-corrected chi connectivity index (χ4v) is 7.61. The summed E-state index contributed by atoms with van der Waals surface area (Å²) in [6.45, 7) is 4.46. The number of carbonyl (C=O) groups is 2. The van der Waals surface area contributed by atoms with Crippen molar-refractivity contribution in [3.8, 4) is 0 Å². The van der Waals surface area contributed by atoms with E-state index in [2.05, 4.69) is 25.5 Å². The number of pyridine rings is 1. The van der Waals surface area contributed by atoms with Gasteiger partial charge in [-0.25, -0.2) is 9.18 Å². The Morgan fingerprint density at radius 1 is 1.28 bits per heavy atom. The van der Waals surface area contributed by atoms with Crippen LogP contribution in [0.25, 0.3) is 21.8 Å². The smallest absolute Gasteiger partial charge is 0.407 e. The van der Waals surface area contributed by atoms with Gasteiger partial charge in [-0.2, -0.15) is 4.98 Å². The molecule has 3 saturated heterocycles. The van der Waals surface area contributed by atoms with Crippen molar-refractivity contribution in [1.82, 2.24) is 19.4 Å². The molecule has 3 aromatic rings. The third-order valence-electron chi connectivity index (χ3n) is 8.20. The van der Waals surface area contributed by atoms with E-state index >= 15 is 4.39 Å². The highest BCUT2D eigenvalue weighted by Gasteiger charge is 2.56. The van der Waals surface area contributed by atoms with Gasteiger partial charge < -0.3 is 24.0 Å². The van der Waals surface area contributed by atoms with Crippen LogP contribution in [-0.4, -0.2) is 66.4 Å². The van der Waals surface area contributed by atoms with Crippen molar-refractivity contribution < 1.29 is 23.6 Å². The molecule has 8 nitrogen and oxygen atoms in total. The van der Waals surface area contributed by atoms with Gasteiger partial charge in [0.15, 0.2) is 5.82 Å². The van der Waals surface area contributed by atoms with E-state index < -0.39 is 23.1 Å². The number of fused-ring (bicyclic) bond motifs is 4. The summed E-state index contributed by atoms with van der Waals surface area (Å²) in [6, 6.07) is 3.31. The van der Waals surface area contributed by atoms with Crippen LogP contribution in [0.3, 0.4) is 0 Å². The Kier molecular flexibility index (Phi) is 5.55. The van der Waals surface area contributed by atoms with E-state index in [1.807, 2.05) is 24.0 Å². The lowest BCUT2D eigenvalue weighted by atomic mass is 9.79. The van der Waals surface area contributed by atoms with Crippen molar-refractivity contribution in [2.75, 3.05) is 19.3 Å². The van der Waals surface area contributed by atoms with Crippen LogP contribution in [0.4, 0.5) is 9.18 Å². The van der Waals surface area contributed by atoms with E-state index in [1.54, 1.807) is 6.92 Å². The summed E-state index contributed by atoms with van der Waals surface area (Å²) in [4.78, 5) is 32.3. The number of aryl methyl sites for hydroxylation is 1. The summed E-state index contributed by atoms with van der Waals surface area (Å²) >= 11 is 1.82. The van der Waals surface area contributed by atoms with Crippen LogP contribution in [-0.2, 0) is 16.0 Å². The van der Waals surface area contributed by atoms with Crippen LogP contribution < -0.4 is 0 Å². The van der Waals surface area contributed by atoms with E-state index in [4.69, 9.17) is 0 Å². The Morgan fingerprint density at radius 3 is 2.67 bits per heavy atom. The molecule has 1 aromatic carbocycles. The van der Waals surface area contributed by atoms with Crippen LogP contribution >= 0.6 is 15.9 Å². The average Bonchev–Trinajstić information content (AvgIpc) is 3.58. The van der Waals surface area contributed by atoms with Crippen LogP contribution in [0.2, 0.25) is 0 Å². The van der Waals surface area contributed by atoms with Crippen LogP contribution in [0.1, 0.15) is 49.5 Å². The molecule has 2 unspecified atom stereocenters. The molecule has 190 valence electrons. The molecule has 2 bridgehead atoms. The molecule has 0 radical (unpaired) electrons. The van der Waals surface area contributed by atoms with Gasteiger partial charge in [0.1, 0.15) is 11.8 Å². The maximum Gasteiger partial charge on any atom is 0.407 e. The minimum absolute atomic E-state index is 0.0221. The van der Waals surface area contributed by atoms with Gasteiger partial charge >= 0.3 is 6.09 Å². The summed E-state index contributed by atoms with van der Waals surface area (Å²) in [7, 11) is 0. The Hall–Kier alpha value is -2.37. The fourth-order valence-electron chi connectivity index (χ4n) is 6.62. The molecule has 0 spiro atoms. The monoisotopic (exact) mass is 576 g/mol. The third kappa shape index (κ3) is 3.24. The highest BCUT2D eigenvalue weighted by Crippen LogP contribution is 2.53. The SMILES string of the molecule is CC(=O)N1CCCC1c1cc2c([S+](C)[O-])nc3c(F)c(Br)c(C)cc3c2n1[C@H]1[C@@H]2C[C@H]1N(C(=O)O)C2. The number of hydrogen-bond donors (Lipinski definition) is 1. The van der Waals surface area contributed by atoms with Gasteiger partial charge in [0.05, 0.1) is 33.5 Å². The molecule has 2 amide bonds. The molecule has 3 aliphatic heterocycles. The molecular formula is C25H26BrFN4O4S. The van der Waals surface area contributed by atoms with E-state index in [-0.39, 0.29) is 35.5 Å². The Labute approximate surface area is 218 Å². The molecule has 5 atom stereocenters. The summed E-state index contributed by atoms with van der Waals surface area (Å²) in [5, 5.41) is 11.3. The summed E-state index contributed by atoms with van der Waals surface area (Å²) < 4.78 is 30.8. The molecule has 36 heavy (non-hydrogen) atoms. The number of nitrogens with zero attached hydrogens (tertiary/aromatic N) is 4. The van der Waals surface area contributed by atoms with Gasteiger partial charge in [0.25, 0.3) is 5.03 Å². The van der Waals surface area contributed by atoms with E-state index in [0.29, 0.717) is 38.9 Å². The number of likely N-dealkylation sites (tertiary alicyclic amines) is 1. The third-order valence-corrected chi connectivity index (χ3v) is 10.0. The molecule has 1 aliphatic carbocycles. The first-order valence-electron chi connectivity index (χ1n) is 12.0. The van der Waals surface area contributed by atoms with Gasteiger partial charge in [-0.3, -0.25) is 4.79 Å². The van der Waals surface area contributed by atoms with E-state index in [9.17, 15) is 19.2 Å². The molecular weight excluding hydrogens is 551 g/mol. The standard InChI is InChI=1S/C25H26BrFN4O4S/c1-11-7-14-21(20(27)19(11)26)28-24(36(3)35)15-9-17(16-5-4-6-29(16)12(2)32)31(23(14)15)22-13-8-18(22)30(10-13)25(33)34/h7,9,13,16,18,22H,4-6,8,10H2,1-3H3,(H,33,34)/t13-,16?,18-,22+,36?/m1/s1. The first-order chi connectivity index (χ1) is 17.1. The molecule has 1 N–H and O–H groups in total. The molecule has 1 saturated carbocycles. The van der Waals surface area contributed by atoms with Crippen LogP contribution in [0.5, 0.6) is 0 Å². The highest BCUT2D eigenvalue weighted by atomic mass is 79.9. The van der Waals surface area contributed by atoms with Gasteiger partial charge in [-0.05, 0) is 59.8 Å². The Bertz CT molecular complexity index is 1460. The predicted octanol–water partition coefficient (Wildman–Crippen LogP) is 4.74. The molecule has 4 aliphatic rings. The highest BCUT2D eigenvalue weighted by molar-refractivity contribution is 9.10. The second-order valence-corrected chi connectivity index (χ2v) is 12.2. The van der Waals surface area contributed by atoms with Crippen LogP contribution in [0.15, 0.2) is 21.6 Å². The van der Waals surface area contributed by atoms with Gasteiger partial charge in [-0.15, -0.1) is 0 Å². The van der Waals surface area contributed by atoms with Crippen molar-refractivity contribution in [3.63, 3.8) is 0 Å². The minimum Gasteiger partial charge on any atom is -0.610 e. The predicted molar refractivity (Wildman–Crippen MR) is 137 cm³/mol. The van der Waals surface area contributed by atoms with Gasteiger partial charge in [0, 0.05) is 48.2 Å². The molecule has 5 heterocycles. The molecule has 11 heteroatoms. The van der Waals surface area contributed by atoms with Crippen molar-refractivity contribution in [1.29, 1.82) is 0 Å². The van der Waals surface area contributed by atoms with Crippen molar-refractivity contribution in [2.24, 2.45) is 5.92 Å². The molecule has 4 fully saturated rings. The number of aromatic nitrogens is 2. The fraction of sp³-hybridized carbons (Fsp3) is 0.480. The summed E-state index contributed by atoms with van der Waals surface area (Å²) in [5.41, 5.74) is 2.44. The van der Waals surface area contributed by atoms with Gasteiger partial charge in [-0.1, -0.05) is 0 Å². The molecule has 2 aromatic heterocycles. The number of carboxylic acid groups (broad SMARTS) is 1. The van der Waals surface area contributed by atoms with E-state index in [0.717, 1.165) is 30.5 Å². The number of benzene rings is 1. The second kappa shape index (κ2) is 8.32. The summed E-state index contributed by atoms with van der Waals surface area (Å²) in [5.74, 6) is -0.415. The first-order valence-corrected chi connectivity index (χ1v) is 14.4. The normalized spacial score (nSPS) is 26.2. The zero-order chi connectivity index (χ0) is 25.6. The first kappa shape index (κ1) is 24.0. The minimum atomic E-state index is -1.50. The Balaban J connectivity index is 1.71. The maximum absolute atomic E-state index is 15.5. The lowest BCUT2D eigenvalue weighted by Gasteiger charge is -2.40. The lowest BCUT2D eigenvalue weighted by Crippen LogP contribution is -2.43. The number of hydrogen-bond acceptors (Lipinski definition) is 4. The second-order valence-electron chi connectivity index (χ2n) is 10.1. The number of rotatable bonds is 3. The van der Waals surface area contributed by atoms with Crippen molar-refractivity contribution >= 4 is 60.9 Å².